The van der Waals surface area contributed by atoms with E-state index in [9.17, 15) is 4.79 Å². The molecule has 2 N–H and O–H groups in total. The topological polar surface area (TPSA) is 75.6 Å². The molecule has 4 rings (SSSR count). The highest BCUT2D eigenvalue weighted by Crippen LogP contribution is 2.27. The van der Waals surface area contributed by atoms with Gasteiger partial charge in [0.1, 0.15) is 0 Å². The molecule has 0 aliphatic rings. The number of thiazole rings is 1. The minimum absolute atomic E-state index is 0.105. The van der Waals surface area contributed by atoms with Crippen molar-refractivity contribution in [2.45, 2.75) is 26.8 Å². The van der Waals surface area contributed by atoms with Crippen molar-refractivity contribution in [2.75, 3.05) is 5.32 Å². The van der Waals surface area contributed by atoms with Gasteiger partial charge in [-0.15, -0.1) is 22.7 Å². The molecule has 6 nitrogen and oxygen atoms in total. The van der Waals surface area contributed by atoms with Gasteiger partial charge in [-0.25, -0.2) is 4.98 Å². The maximum absolute atomic E-state index is 12.4. The van der Waals surface area contributed by atoms with Crippen LogP contribution in [0.5, 0.6) is 0 Å². The van der Waals surface area contributed by atoms with Gasteiger partial charge >= 0.3 is 0 Å². The summed E-state index contributed by atoms with van der Waals surface area (Å²) < 4.78 is 2.36. The molecular weight excluding hydrogens is 422 g/mol. The minimum Gasteiger partial charge on any atom is -0.302 e. The normalized spacial score (nSPS) is 11.0. The van der Waals surface area contributed by atoms with Crippen LogP contribution in [0.4, 0.5) is 5.13 Å². The van der Waals surface area contributed by atoms with Gasteiger partial charge in [0.05, 0.1) is 10.6 Å². The smallest absolute Gasteiger partial charge is 0.227 e. The van der Waals surface area contributed by atoms with Crippen LogP contribution >= 0.6 is 34.9 Å². The number of nitrogens with one attached hydrogen (secondary N) is 2. The number of carbonyl (C=O) groups is 1. The Kier molecular flexibility index (Phi) is 5.70. The zero-order valence-corrected chi connectivity index (χ0v) is 18.4. The summed E-state index contributed by atoms with van der Waals surface area (Å²) in [5.41, 5.74) is 4.39. The highest BCUT2D eigenvalue weighted by molar-refractivity contribution is 7.71. The summed E-state index contributed by atoms with van der Waals surface area (Å²) in [5, 5.41) is 14.5. The zero-order chi connectivity index (χ0) is 20.4. The number of carbonyl (C=O) groups excluding carboxylic acids is 1. The first kappa shape index (κ1) is 19.7. The highest BCUT2D eigenvalue weighted by Gasteiger charge is 2.13. The van der Waals surface area contributed by atoms with E-state index in [1.165, 1.54) is 22.5 Å². The fourth-order valence-corrected chi connectivity index (χ4v) is 4.56. The molecule has 0 fully saturated rings. The first-order chi connectivity index (χ1) is 14.0. The largest absolute Gasteiger partial charge is 0.302 e. The molecule has 1 amide bonds. The fraction of sp³-hybridized carbons (Fsp3) is 0.200. The van der Waals surface area contributed by atoms with Crippen LogP contribution in [0, 0.1) is 18.6 Å². The van der Waals surface area contributed by atoms with Crippen molar-refractivity contribution in [3.8, 4) is 22.0 Å². The Labute approximate surface area is 181 Å². The molecule has 3 aromatic heterocycles. The third-order valence-corrected chi connectivity index (χ3v) is 6.55. The predicted octanol–water partition coefficient (Wildman–Crippen LogP) is 5.44. The van der Waals surface area contributed by atoms with E-state index in [1.807, 2.05) is 27.5 Å². The van der Waals surface area contributed by atoms with Gasteiger partial charge in [-0.05, 0) is 54.7 Å². The van der Waals surface area contributed by atoms with Gasteiger partial charge in [-0.3, -0.25) is 14.5 Å². The molecule has 0 spiro atoms. The Hall–Kier alpha value is -2.62. The number of amides is 1. The standard InChI is InChI=1S/C20H19N5OS3/c1-12-5-6-14(10-13(12)2)15-11-29-19(21-15)22-17(26)7-8-25-18(23-24-20(25)27)16-4-3-9-28-16/h3-6,9-11H,7-8H2,1-2H3,(H,24,27)(H,21,22,26). The number of rotatable bonds is 6. The van der Waals surface area contributed by atoms with E-state index in [-0.39, 0.29) is 12.3 Å². The third kappa shape index (κ3) is 4.36. The van der Waals surface area contributed by atoms with E-state index in [1.54, 1.807) is 11.3 Å². The lowest BCUT2D eigenvalue weighted by Crippen LogP contribution is -2.14. The molecule has 0 saturated heterocycles. The molecule has 3 heterocycles. The molecule has 0 bridgehead atoms. The highest BCUT2D eigenvalue weighted by atomic mass is 32.1. The molecule has 0 atom stereocenters. The number of thiophene rings is 1. The van der Waals surface area contributed by atoms with Crippen LogP contribution in [-0.4, -0.2) is 25.7 Å². The lowest BCUT2D eigenvalue weighted by Gasteiger charge is -2.06. The molecule has 29 heavy (non-hydrogen) atoms. The number of aromatic amines is 1. The van der Waals surface area contributed by atoms with E-state index in [2.05, 4.69) is 52.5 Å². The van der Waals surface area contributed by atoms with Gasteiger partial charge in [0.25, 0.3) is 0 Å². The van der Waals surface area contributed by atoms with Crippen molar-refractivity contribution in [1.29, 1.82) is 0 Å². The summed E-state index contributed by atoms with van der Waals surface area (Å²) in [6.07, 6.45) is 0.283. The van der Waals surface area contributed by atoms with Crippen LogP contribution in [0.3, 0.4) is 0 Å². The summed E-state index contributed by atoms with van der Waals surface area (Å²) in [5.74, 6) is 0.648. The molecule has 0 aliphatic heterocycles. The van der Waals surface area contributed by atoms with Crippen molar-refractivity contribution in [3.05, 3.63) is 57.0 Å². The van der Waals surface area contributed by atoms with E-state index in [4.69, 9.17) is 12.2 Å². The van der Waals surface area contributed by atoms with Crippen molar-refractivity contribution in [3.63, 3.8) is 0 Å². The number of nitrogens with zero attached hydrogens (tertiary/aromatic N) is 3. The van der Waals surface area contributed by atoms with E-state index in [0.717, 1.165) is 22.0 Å². The summed E-state index contributed by atoms with van der Waals surface area (Å²) in [7, 11) is 0. The zero-order valence-electron chi connectivity index (χ0n) is 15.9. The first-order valence-corrected chi connectivity index (χ1v) is 11.2. The quantitative estimate of drug-likeness (QED) is 0.391. The first-order valence-electron chi connectivity index (χ1n) is 9.03. The van der Waals surface area contributed by atoms with Gasteiger partial charge < -0.3 is 5.32 Å². The van der Waals surface area contributed by atoms with Crippen LogP contribution in [0.2, 0.25) is 0 Å². The predicted molar refractivity (Wildman–Crippen MR) is 121 cm³/mol. The van der Waals surface area contributed by atoms with Gasteiger partial charge in [0.2, 0.25) is 5.91 Å². The van der Waals surface area contributed by atoms with Crippen molar-refractivity contribution >= 4 is 45.9 Å². The molecule has 148 valence electrons. The number of hydrogen-bond donors (Lipinski definition) is 2. The number of benzene rings is 1. The Balaban J connectivity index is 1.41. The van der Waals surface area contributed by atoms with Gasteiger partial charge in [0.15, 0.2) is 15.7 Å². The van der Waals surface area contributed by atoms with Gasteiger partial charge in [-0.2, -0.15) is 5.10 Å². The average Bonchev–Trinajstić information content (AvgIpc) is 3.44. The van der Waals surface area contributed by atoms with Crippen molar-refractivity contribution in [1.82, 2.24) is 19.7 Å². The van der Waals surface area contributed by atoms with E-state index >= 15 is 0 Å². The summed E-state index contributed by atoms with van der Waals surface area (Å²) in [6.45, 7) is 4.62. The van der Waals surface area contributed by atoms with Gasteiger partial charge in [0, 0.05) is 23.9 Å². The fourth-order valence-electron chi connectivity index (χ4n) is 2.88. The molecule has 9 heteroatoms. The van der Waals surface area contributed by atoms with E-state index in [0.29, 0.717) is 16.4 Å². The molecule has 4 aromatic rings. The van der Waals surface area contributed by atoms with Gasteiger partial charge in [-0.1, -0.05) is 18.2 Å². The minimum atomic E-state index is -0.105. The average molecular weight is 442 g/mol. The Morgan fingerprint density at radius 3 is 2.86 bits per heavy atom. The number of aromatic nitrogens is 4. The molecule has 1 aromatic carbocycles. The lowest BCUT2D eigenvalue weighted by atomic mass is 10.1. The van der Waals surface area contributed by atoms with Crippen molar-refractivity contribution < 1.29 is 4.79 Å². The van der Waals surface area contributed by atoms with Crippen LogP contribution in [-0.2, 0) is 11.3 Å². The Morgan fingerprint density at radius 2 is 2.10 bits per heavy atom. The maximum atomic E-state index is 12.4. The Morgan fingerprint density at radius 1 is 1.24 bits per heavy atom. The molecule has 0 radical (unpaired) electrons. The second-order valence-electron chi connectivity index (χ2n) is 6.62. The summed E-state index contributed by atoms with van der Waals surface area (Å²) in [6, 6.07) is 10.2. The summed E-state index contributed by atoms with van der Waals surface area (Å²) in [4.78, 5) is 18.0. The van der Waals surface area contributed by atoms with Crippen molar-refractivity contribution in [2.24, 2.45) is 0 Å². The second kappa shape index (κ2) is 8.40. The molecule has 0 aliphatic carbocycles. The lowest BCUT2D eigenvalue weighted by molar-refractivity contribution is -0.116. The van der Waals surface area contributed by atoms with Crippen LogP contribution in [0.15, 0.2) is 41.1 Å². The SMILES string of the molecule is Cc1ccc(-c2csc(NC(=O)CCn3c(-c4cccs4)n[nH]c3=S)n2)cc1C. The number of anilines is 1. The molecule has 0 saturated carbocycles. The molecular formula is C20H19N5OS3. The van der Waals surface area contributed by atoms with Crippen LogP contribution in [0.1, 0.15) is 17.5 Å². The second-order valence-corrected chi connectivity index (χ2v) is 8.81. The third-order valence-electron chi connectivity index (χ3n) is 4.62. The van der Waals surface area contributed by atoms with Crippen LogP contribution < -0.4 is 5.32 Å². The number of aryl methyl sites for hydroxylation is 2. The van der Waals surface area contributed by atoms with E-state index < -0.39 is 0 Å². The molecule has 0 unspecified atom stereocenters. The Bertz CT molecular complexity index is 1200. The maximum Gasteiger partial charge on any atom is 0.227 e. The monoisotopic (exact) mass is 441 g/mol. The number of H-pyrrole nitrogens is 1. The summed E-state index contributed by atoms with van der Waals surface area (Å²) >= 11 is 8.32. The van der Waals surface area contributed by atoms with Crippen LogP contribution in [0.25, 0.3) is 22.0 Å². The number of hydrogen-bond acceptors (Lipinski definition) is 6.